The van der Waals surface area contributed by atoms with Crippen LogP contribution in [0.2, 0.25) is 5.02 Å². The van der Waals surface area contributed by atoms with Gasteiger partial charge in [-0.15, -0.1) is 0 Å². The Balaban J connectivity index is 2.19. The van der Waals surface area contributed by atoms with Gasteiger partial charge in [-0.05, 0) is 50.6 Å². The fraction of sp³-hybridized carbons (Fsp3) is 0.238. The predicted octanol–water partition coefficient (Wildman–Crippen LogP) is 4.20. The van der Waals surface area contributed by atoms with Gasteiger partial charge in [0, 0.05) is 33.8 Å². The highest BCUT2D eigenvalue weighted by atomic mass is 35.5. The lowest BCUT2D eigenvalue weighted by molar-refractivity contribution is -0.120. The topological polar surface area (TPSA) is 71.3 Å². The fourth-order valence-electron chi connectivity index (χ4n) is 3.26. The quantitative estimate of drug-likeness (QED) is 0.687. The number of nitrogens with zero attached hydrogens (tertiary/aromatic N) is 1. The minimum Gasteiger partial charge on any atom is -0.505 e. The Morgan fingerprint density at radius 2 is 1.96 bits per heavy atom. The molecule has 5 nitrogen and oxygen atoms in total. The number of carbonyl (C=O) groups excluding carboxylic acids is 2. The summed E-state index contributed by atoms with van der Waals surface area (Å²) < 4.78 is 15.4. The smallest absolute Gasteiger partial charge is 0.262 e. The maximum absolute atomic E-state index is 14.1. The molecule has 3 rings (SSSR count). The van der Waals surface area contributed by atoms with Gasteiger partial charge < -0.3 is 10.4 Å². The molecule has 1 aromatic heterocycles. The van der Waals surface area contributed by atoms with E-state index in [1.807, 2.05) is 13.8 Å². The lowest BCUT2D eigenvalue weighted by Crippen LogP contribution is -2.31. The van der Waals surface area contributed by atoms with E-state index in [0.29, 0.717) is 27.2 Å². The summed E-state index contributed by atoms with van der Waals surface area (Å²) in [5.41, 5.74) is 1.67. The van der Waals surface area contributed by atoms with Gasteiger partial charge in [0.1, 0.15) is 0 Å². The molecular formula is C21H20ClFN2O3. The van der Waals surface area contributed by atoms with Crippen LogP contribution in [-0.2, 0) is 11.2 Å². The van der Waals surface area contributed by atoms with Crippen LogP contribution >= 0.6 is 11.6 Å². The summed E-state index contributed by atoms with van der Waals surface area (Å²) in [7, 11) is 0. The number of benzene rings is 2. The first-order valence-corrected chi connectivity index (χ1v) is 9.19. The van der Waals surface area contributed by atoms with Crippen LogP contribution < -0.4 is 5.32 Å². The van der Waals surface area contributed by atoms with Crippen LogP contribution in [0.4, 0.5) is 4.39 Å². The van der Waals surface area contributed by atoms with Crippen molar-refractivity contribution < 1.29 is 19.1 Å². The zero-order chi connectivity index (χ0) is 20.6. The summed E-state index contributed by atoms with van der Waals surface area (Å²) in [5.74, 6) is -2.00. The molecule has 2 aromatic carbocycles. The molecule has 0 bridgehead atoms. The van der Waals surface area contributed by atoms with E-state index in [9.17, 15) is 19.1 Å². The van der Waals surface area contributed by atoms with Gasteiger partial charge in [-0.3, -0.25) is 14.2 Å². The maximum Gasteiger partial charge on any atom is 0.262 e. The summed E-state index contributed by atoms with van der Waals surface area (Å²) in [6.45, 7) is 5.38. The third-order valence-corrected chi connectivity index (χ3v) is 4.70. The predicted molar refractivity (Wildman–Crippen MR) is 106 cm³/mol. The molecule has 1 amide bonds. The zero-order valence-electron chi connectivity index (χ0n) is 15.7. The van der Waals surface area contributed by atoms with Gasteiger partial charge in [-0.25, -0.2) is 4.39 Å². The SMILES string of the molecule is Cc1c(CC(=O)NC(C)C)c2cc(O)c(F)cc2n1C(=O)c1cccc(Cl)c1. The number of rotatable bonds is 4. The molecule has 2 N–H and O–H groups in total. The van der Waals surface area contributed by atoms with Crippen molar-refractivity contribution in [2.24, 2.45) is 0 Å². The van der Waals surface area contributed by atoms with Gasteiger partial charge in [0.2, 0.25) is 5.91 Å². The van der Waals surface area contributed by atoms with Crippen molar-refractivity contribution in [3.63, 3.8) is 0 Å². The van der Waals surface area contributed by atoms with E-state index >= 15 is 0 Å². The number of phenolic OH excluding ortho intramolecular Hbond substituents is 1. The van der Waals surface area contributed by atoms with Crippen molar-refractivity contribution in [1.29, 1.82) is 0 Å². The summed E-state index contributed by atoms with van der Waals surface area (Å²) in [6, 6.07) is 8.75. The first-order valence-electron chi connectivity index (χ1n) is 8.81. The van der Waals surface area contributed by atoms with E-state index < -0.39 is 17.5 Å². The fourth-order valence-corrected chi connectivity index (χ4v) is 3.45. The average Bonchev–Trinajstić information content (AvgIpc) is 2.85. The highest BCUT2D eigenvalue weighted by molar-refractivity contribution is 6.31. The highest BCUT2D eigenvalue weighted by Gasteiger charge is 2.23. The summed E-state index contributed by atoms with van der Waals surface area (Å²) in [5, 5.41) is 13.5. The molecule has 28 heavy (non-hydrogen) atoms. The van der Waals surface area contributed by atoms with Crippen LogP contribution in [0, 0.1) is 12.7 Å². The molecule has 0 saturated heterocycles. The first kappa shape index (κ1) is 19.9. The minimum absolute atomic E-state index is 0.00140. The van der Waals surface area contributed by atoms with Crippen LogP contribution in [0.3, 0.4) is 0 Å². The second kappa shape index (κ2) is 7.64. The largest absolute Gasteiger partial charge is 0.505 e. The molecule has 0 unspecified atom stereocenters. The van der Waals surface area contributed by atoms with E-state index in [4.69, 9.17) is 11.6 Å². The number of carbonyl (C=O) groups is 2. The minimum atomic E-state index is -0.844. The number of phenols is 1. The van der Waals surface area contributed by atoms with Crippen molar-refractivity contribution in [2.75, 3.05) is 0 Å². The third kappa shape index (κ3) is 3.73. The first-order chi connectivity index (χ1) is 13.2. The van der Waals surface area contributed by atoms with Crippen LogP contribution in [0.5, 0.6) is 5.75 Å². The molecule has 0 atom stereocenters. The van der Waals surface area contributed by atoms with E-state index in [-0.39, 0.29) is 23.9 Å². The van der Waals surface area contributed by atoms with Gasteiger partial charge in [0.15, 0.2) is 11.6 Å². The number of aromatic nitrogens is 1. The molecule has 146 valence electrons. The van der Waals surface area contributed by atoms with Crippen molar-refractivity contribution >= 4 is 34.3 Å². The summed E-state index contributed by atoms with van der Waals surface area (Å²) >= 11 is 6.00. The Morgan fingerprint density at radius 1 is 1.25 bits per heavy atom. The van der Waals surface area contributed by atoms with Crippen molar-refractivity contribution in [2.45, 2.75) is 33.2 Å². The molecule has 0 radical (unpaired) electrons. The lowest BCUT2D eigenvalue weighted by Gasteiger charge is -2.09. The molecule has 0 fully saturated rings. The third-order valence-electron chi connectivity index (χ3n) is 4.46. The van der Waals surface area contributed by atoms with Gasteiger partial charge in [-0.1, -0.05) is 17.7 Å². The molecule has 3 aromatic rings. The Morgan fingerprint density at radius 3 is 2.61 bits per heavy atom. The molecule has 0 aliphatic heterocycles. The van der Waals surface area contributed by atoms with Crippen LogP contribution in [0.25, 0.3) is 10.9 Å². The number of amides is 1. The Bertz CT molecular complexity index is 1090. The van der Waals surface area contributed by atoms with Gasteiger partial charge in [-0.2, -0.15) is 0 Å². The van der Waals surface area contributed by atoms with Crippen LogP contribution in [-0.4, -0.2) is 27.5 Å². The average molecular weight is 403 g/mol. The Labute approximate surface area is 166 Å². The second-order valence-electron chi connectivity index (χ2n) is 6.93. The zero-order valence-corrected chi connectivity index (χ0v) is 16.5. The van der Waals surface area contributed by atoms with Gasteiger partial charge in [0.05, 0.1) is 11.9 Å². The molecule has 0 spiro atoms. The van der Waals surface area contributed by atoms with Crippen LogP contribution in [0.15, 0.2) is 36.4 Å². The lowest BCUT2D eigenvalue weighted by atomic mass is 10.1. The highest BCUT2D eigenvalue weighted by Crippen LogP contribution is 2.32. The number of hydrogen-bond acceptors (Lipinski definition) is 3. The number of hydrogen-bond donors (Lipinski definition) is 2. The van der Waals surface area contributed by atoms with E-state index in [1.54, 1.807) is 25.1 Å². The normalized spacial score (nSPS) is 11.2. The molecule has 1 heterocycles. The Hall–Kier alpha value is -2.86. The molecule has 0 saturated carbocycles. The van der Waals surface area contributed by atoms with Crippen molar-refractivity contribution in [3.8, 4) is 5.75 Å². The molecule has 0 aliphatic carbocycles. The van der Waals surface area contributed by atoms with Gasteiger partial charge in [0.25, 0.3) is 5.91 Å². The van der Waals surface area contributed by atoms with E-state index in [1.165, 1.54) is 16.7 Å². The second-order valence-corrected chi connectivity index (χ2v) is 7.37. The number of aromatic hydroxyl groups is 1. The Kier molecular flexibility index (Phi) is 5.42. The van der Waals surface area contributed by atoms with Gasteiger partial charge >= 0.3 is 0 Å². The maximum atomic E-state index is 14.1. The van der Waals surface area contributed by atoms with E-state index in [0.717, 1.165) is 6.07 Å². The van der Waals surface area contributed by atoms with Crippen molar-refractivity contribution in [3.05, 3.63) is 64.1 Å². The van der Waals surface area contributed by atoms with Crippen molar-refractivity contribution in [1.82, 2.24) is 9.88 Å². The molecule has 7 heteroatoms. The monoisotopic (exact) mass is 402 g/mol. The molecule has 0 aliphatic rings. The summed E-state index contributed by atoms with van der Waals surface area (Å²) in [4.78, 5) is 25.4. The standard InChI is InChI=1S/C21H20ClFN2O3/c1-11(2)24-20(27)9-15-12(3)25(18-10-17(23)19(26)8-16(15)18)21(28)13-5-4-6-14(22)7-13/h4-8,10-11,26H,9H2,1-3H3,(H,24,27). The number of nitrogens with one attached hydrogen (secondary N) is 1. The van der Waals surface area contributed by atoms with E-state index in [2.05, 4.69) is 5.32 Å². The number of halogens is 2. The number of fused-ring (bicyclic) bond motifs is 1. The van der Waals surface area contributed by atoms with Crippen LogP contribution in [0.1, 0.15) is 35.5 Å². The molecular weight excluding hydrogens is 383 g/mol. The summed E-state index contributed by atoms with van der Waals surface area (Å²) in [6.07, 6.45) is 0.00140.